The van der Waals surface area contributed by atoms with E-state index in [0.29, 0.717) is 48.6 Å². The summed E-state index contributed by atoms with van der Waals surface area (Å²) in [5, 5.41) is 4.51. The number of fused-ring (bicyclic) bond motifs is 1. The molecule has 0 spiro atoms. The largest absolute Gasteiger partial charge is 0.497 e. The van der Waals surface area contributed by atoms with Crippen LogP contribution >= 0.6 is 0 Å². The monoisotopic (exact) mass is 490 g/mol. The molecule has 0 saturated carbocycles. The third-order valence-electron chi connectivity index (χ3n) is 6.60. The quantitative estimate of drug-likeness (QED) is 0.488. The van der Waals surface area contributed by atoms with Gasteiger partial charge >= 0.3 is 5.97 Å². The third kappa shape index (κ3) is 4.21. The van der Waals surface area contributed by atoms with E-state index in [4.69, 9.17) is 9.47 Å². The maximum atomic E-state index is 13.8. The molecule has 1 aromatic heterocycles. The molecule has 1 fully saturated rings. The van der Waals surface area contributed by atoms with Gasteiger partial charge in [0.15, 0.2) is 5.69 Å². The van der Waals surface area contributed by atoms with Crippen molar-refractivity contribution in [1.82, 2.24) is 9.78 Å². The number of benzene rings is 2. The van der Waals surface area contributed by atoms with Crippen molar-refractivity contribution in [2.75, 3.05) is 36.6 Å². The number of hydrogen-bond donors (Lipinski definition) is 0. The first kappa shape index (κ1) is 23.6. The van der Waals surface area contributed by atoms with E-state index in [9.17, 15) is 14.4 Å². The molecule has 2 aliphatic rings. The molecule has 5 rings (SSSR count). The van der Waals surface area contributed by atoms with E-state index in [1.807, 2.05) is 24.3 Å². The third-order valence-corrected chi connectivity index (χ3v) is 6.60. The number of carbonyl (C=O) groups is 3. The lowest BCUT2D eigenvalue weighted by Gasteiger charge is -2.29. The van der Waals surface area contributed by atoms with Crippen molar-refractivity contribution >= 4 is 29.2 Å². The van der Waals surface area contributed by atoms with Gasteiger partial charge in [-0.3, -0.25) is 9.59 Å². The lowest BCUT2D eigenvalue weighted by Crippen LogP contribution is -2.39. The Morgan fingerprint density at radius 3 is 2.33 bits per heavy atom. The van der Waals surface area contributed by atoms with E-state index in [2.05, 4.69) is 5.10 Å². The molecule has 186 valence electrons. The Balaban J connectivity index is 1.50. The Morgan fingerprint density at radius 1 is 0.972 bits per heavy atom. The predicted octanol–water partition coefficient (Wildman–Crippen LogP) is 3.78. The van der Waals surface area contributed by atoms with Crippen LogP contribution in [0, 0.1) is 0 Å². The standard InChI is InChI=1S/C27H28N4O5/c1-3-36-27(34)24-22-15-17-30(19-9-7-18(8-10-19)29-16-5-4-6-23(29)32)26(33)25(22)31(28-24)20-11-13-21(35-2)14-12-20/h7-14H,3-6,15-17H2,1-2H3/i26+2. The van der Waals surface area contributed by atoms with Gasteiger partial charge in [-0.1, -0.05) is 0 Å². The van der Waals surface area contributed by atoms with E-state index in [0.717, 1.165) is 24.2 Å². The molecule has 2 aromatic carbocycles. The number of rotatable bonds is 6. The second-order valence-corrected chi connectivity index (χ2v) is 8.73. The minimum Gasteiger partial charge on any atom is -0.497 e. The Hall–Kier alpha value is -4.14. The summed E-state index contributed by atoms with van der Waals surface area (Å²) in [6.07, 6.45) is 2.93. The van der Waals surface area contributed by atoms with Crippen LogP contribution in [0.3, 0.4) is 0 Å². The molecule has 0 N–H and O–H groups in total. The molecule has 0 aliphatic carbocycles. The van der Waals surface area contributed by atoms with Crippen LogP contribution < -0.4 is 14.5 Å². The molecular formula is C27H28N4O5. The number of methoxy groups -OCH3 is 1. The maximum Gasteiger partial charge on any atom is 0.359 e. The molecular weight excluding hydrogens is 462 g/mol. The average molecular weight is 491 g/mol. The number of esters is 1. The molecule has 0 bridgehead atoms. The van der Waals surface area contributed by atoms with Gasteiger partial charge in [-0.05, 0) is 74.7 Å². The van der Waals surface area contributed by atoms with Gasteiger partial charge in [0.1, 0.15) is 11.4 Å². The number of piperidine rings is 1. The van der Waals surface area contributed by atoms with E-state index in [1.165, 1.54) is 4.68 Å². The smallest absolute Gasteiger partial charge is 0.359 e. The number of carbonyl (C=O) groups excluding carboxylic acids is 3. The first-order chi connectivity index (χ1) is 17.5. The number of anilines is 2. The summed E-state index contributed by atoms with van der Waals surface area (Å²) < 4.78 is 12.0. The summed E-state index contributed by atoms with van der Waals surface area (Å²) in [5.41, 5.74) is 3.28. The highest BCUT2D eigenvalue weighted by molar-refractivity contribution is 6.09. The van der Waals surface area contributed by atoms with E-state index in [-0.39, 0.29) is 24.1 Å². The van der Waals surface area contributed by atoms with Gasteiger partial charge in [-0.25, -0.2) is 9.48 Å². The number of ether oxygens (including phenoxy) is 2. The zero-order chi connectivity index (χ0) is 25.2. The zero-order valence-corrected chi connectivity index (χ0v) is 20.4. The number of hydrogen-bond acceptors (Lipinski definition) is 6. The first-order valence-corrected chi connectivity index (χ1v) is 12.2. The van der Waals surface area contributed by atoms with Crippen LogP contribution in [0.5, 0.6) is 5.75 Å². The highest BCUT2D eigenvalue weighted by atomic mass is 16.5. The highest BCUT2D eigenvalue weighted by Crippen LogP contribution is 2.31. The minimum atomic E-state index is -0.544. The molecule has 36 heavy (non-hydrogen) atoms. The van der Waals surface area contributed by atoms with Gasteiger partial charge in [0.05, 0.1) is 19.4 Å². The fourth-order valence-electron chi connectivity index (χ4n) is 4.77. The first-order valence-electron chi connectivity index (χ1n) is 12.2. The number of amides is 2. The van der Waals surface area contributed by atoms with E-state index < -0.39 is 5.97 Å². The Labute approximate surface area is 209 Å². The highest BCUT2D eigenvalue weighted by Gasteiger charge is 2.35. The fraction of sp³-hybridized carbons (Fsp3) is 0.333. The summed E-state index contributed by atoms with van der Waals surface area (Å²) in [6, 6.07) is 14.6. The van der Waals surface area contributed by atoms with Crippen LogP contribution in [0.1, 0.15) is 52.7 Å². The molecule has 3 heterocycles. The fourth-order valence-corrected chi connectivity index (χ4v) is 4.77. The van der Waals surface area contributed by atoms with Crippen LogP contribution in [0.15, 0.2) is 48.5 Å². The second kappa shape index (κ2) is 9.85. The van der Waals surface area contributed by atoms with Crippen molar-refractivity contribution < 1.29 is 23.9 Å². The molecule has 9 heteroatoms. The van der Waals surface area contributed by atoms with Crippen LogP contribution in [-0.2, 0) is 16.0 Å². The Bertz CT molecular complexity index is 1300. The average Bonchev–Trinajstić information content (AvgIpc) is 3.30. The van der Waals surface area contributed by atoms with E-state index in [1.54, 1.807) is 48.1 Å². The summed E-state index contributed by atoms with van der Waals surface area (Å²) in [4.78, 5) is 42.2. The molecule has 0 atom stereocenters. The zero-order valence-electron chi connectivity index (χ0n) is 20.4. The number of nitrogens with zero attached hydrogens (tertiary/aromatic N) is 4. The van der Waals surface area contributed by atoms with Gasteiger partial charge < -0.3 is 19.3 Å². The van der Waals surface area contributed by atoms with Gasteiger partial charge in [0, 0.05) is 36.4 Å². The van der Waals surface area contributed by atoms with Gasteiger partial charge in [-0.2, -0.15) is 5.10 Å². The van der Waals surface area contributed by atoms with Crippen molar-refractivity contribution in [3.63, 3.8) is 0 Å². The molecule has 3 aromatic rings. The van der Waals surface area contributed by atoms with Crippen molar-refractivity contribution in [3.8, 4) is 11.4 Å². The predicted molar refractivity (Wildman–Crippen MR) is 134 cm³/mol. The summed E-state index contributed by atoms with van der Waals surface area (Å²) in [7, 11) is 1.58. The van der Waals surface area contributed by atoms with Crippen molar-refractivity contribution in [1.29, 1.82) is 0 Å². The maximum absolute atomic E-state index is 13.8. The number of aromatic nitrogens is 2. The molecule has 0 unspecified atom stereocenters. The van der Waals surface area contributed by atoms with Crippen LogP contribution in [0.25, 0.3) is 5.69 Å². The molecule has 2 aliphatic heterocycles. The minimum absolute atomic E-state index is 0.127. The normalized spacial score (nSPS) is 15.6. The lowest BCUT2D eigenvalue weighted by molar-refractivity contribution is -0.119. The Kier molecular flexibility index (Phi) is 6.45. The van der Waals surface area contributed by atoms with Gasteiger partial charge in [0.25, 0.3) is 5.91 Å². The van der Waals surface area contributed by atoms with Crippen molar-refractivity contribution in [2.45, 2.75) is 32.6 Å². The SMILES string of the molecule is CCOC(=O)c1nn(-c2ccc(OC)cc2)c2c1CCN(c1ccc(N3CCCCC3=O)cc1)[14C]2=O. The lowest BCUT2D eigenvalue weighted by atomic mass is 10.1. The summed E-state index contributed by atoms with van der Waals surface area (Å²) in [6.45, 7) is 3.06. The van der Waals surface area contributed by atoms with E-state index >= 15 is 0 Å². The van der Waals surface area contributed by atoms with Gasteiger partial charge in [-0.15, -0.1) is 0 Å². The molecule has 9 nitrogen and oxygen atoms in total. The second-order valence-electron chi connectivity index (χ2n) is 8.73. The summed E-state index contributed by atoms with van der Waals surface area (Å²) >= 11 is 0. The molecule has 1 saturated heterocycles. The topological polar surface area (TPSA) is 94.0 Å². The Morgan fingerprint density at radius 2 is 1.67 bits per heavy atom. The van der Waals surface area contributed by atoms with Gasteiger partial charge in [0.2, 0.25) is 5.91 Å². The van der Waals surface area contributed by atoms with Crippen LogP contribution in [0.2, 0.25) is 0 Å². The van der Waals surface area contributed by atoms with Crippen molar-refractivity contribution in [2.24, 2.45) is 0 Å². The molecule has 2 amide bonds. The molecule has 0 radical (unpaired) electrons. The van der Waals surface area contributed by atoms with Crippen LogP contribution in [-0.4, -0.2) is 54.4 Å². The van der Waals surface area contributed by atoms with Crippen molar-refractivity contribution in [3.05, 3.63) is 65.5 Å². The van der Waals surface area contributed by atoms with Crippen LogP contribution in [0.4, 0.5) is 11.4 Å². The summed E-state index contributed by atoms with van der Waals surface area (Å²) in [5.74, 6) is 0.00271.